The van der Waals surface area contributed by atoms with Crippen LogP contribution in [0.4, 0.5) is 8.78 Å². The monoisotopic (exact) mass is 435 g/mol. The lowest BCUT2D eigenvalue weighted by Crippen LogP contribution is -2.34. The molecule has 2 heterocycles. The van der Waals surface area contributed by atoms with Crippen LogP contribution in [0.15, 0.2) is 54.6 Å². The van der Waals surface area contributed by atoms with Gasteiger partial charge >= 0.3 is 11.9 Å². The third-order valence-electron chi connectivity index (χ3n) is 5.11. The number of hydrogen-bond donors (Lipinski definition) is 2. The summed E-state index contributed by atoms with van der Waals surface area (Å²) in [5, 5.41) is 19.0. The van der Waals surface area contributed by atoms with E-state index in [4.69, 9.17) is 5.11 Å². The number of carboxylic acid groups (broad SMARTS) is 1. The van der Waals surface area contributed by atoms with Gasteiger partial charge in [-0.15, -0.1) is 11.3 Å². The van der Waals surface area contributed by atoms with Crippen molar-refractivity contribution >= 4 is 23.2 Å². The van der Waals surface area contributed by atoms with Gasteiger partial charge in [-0.2, -0.15) is 8.78 Å². The fourth-order valence-electron chi connectivity index (χ4n) is 3.48. The van der Waals surface area contributed by atoms with Gasteiger partial charge in [-0.1, -0.05) is 42.5 Å². The Labute approximate surface area is 177 Å². The highest BCUT2D eigenvalue weighted by molar-refractivity contribution is 7.13. The van der Waals surface area contributed by atoms with Crippen LogP contribution in [0, 0.1) is 0 Å². The van der Waals surface area contributed by atoms with Crippen LogP contribution >= 0.6 is 11.3 Å². The van der Waals surface area contributed by atoms with Gasteiger partial charge in [-0.05, 0) is 31.4 Å². The van der Waals surface area contributed by atoms with Gasteiger partial charge in [0.15, 0.2) is 0 Å². The van der Waals surface area contributed by atoms with Crippen molar-refractivity contribution in [3.05, 3.63) is 69.9 Å². The van der Waals surface area contributed by atoms with Crippen molar-refractivity contribution in [2.45, 2.75) is 43.8 Å². The van der Waals surface area contributed by atoms with Crippen molar-refractivity contribution < 1.29 is 28.6 Å². The first kappa shape index (κ1) is 22.1. The maximum atomic E-state index is 14.4. The highest BCUT2D eigenvalue weighted by atomic mass is 32.1. The van der Waals surface area contributed by atoms with Crippen molar-refractivity contribution in [3.8, 4) is 0 Å². The average molecular weight is 435 g/mol. The number of aliphatic hydroxyl groups excluding tert-OH is 1. The molecular formula is C22H23F2NO4S. The third kappa shape index (κ3) is 5.12. The highest BCUT2D eigenvalue weighted by Gasteiger charge is 2.39. The number of carbonyl (C=O) groups is 2. The molecule has 1 amide bonds. The number of aliphatic hydroxyl groups is 1. The number of hydrogen-bond acceptors (Lipinski definition) is 4. The van der Waals surface area contributed by atoms with Crippen molar-refractivity contribution in [1.29, 1.82) is 0 Å². The lowest BCUT2D eigenvalue weighted by molar-refractivity contribution is -0.128. The normalized spacial score (nSPS) is 18.3. The van der Waals surface area contributed by atoms with Crippen molar-refractivity contribution in [1.82, 2.24) is 4.90 Å². The molecule has 1 aliphatic heterocycles. The molecule has 2 N–H and O–H groups in total. The van der Waals surface area contributed by atoms with Crippen LogP contribution < -0.4 is 0 Å². The largest absolute Gasteiger partial charge is 0.477 e. The number of nitrogens with zero attached hydrogens (tertiary/aromatic N) is 1. The molecule has 1 fully saturated rings. The molecule has 1 saturated heterocycles. The number of carboxylic acids is 1. The molecule has 2 unspecified atom stereocenters. The van der Waals surface area contributed by atoms with E-state index in [1.54, 1.807) is 23.1 Å². The van der Waals surface area contributed by atoms with E-state index in [1.807, 2.05) is 0 Å². The van der Waals surface area contributed by atoms with E-state index >= 15 is 0 Å². The number of carbonyl (C=O) groups excluding carboxylic acids is 1. The van der Waals surface area contributed by atoms with E-state index in [0.29, 0.717) is 32.2 Å². The zero-order chi connectivity index (χ0) is 21.7. The number of aromatic carboxylic acids is 1. The summed E-state index contributed by atoms with van der Waals surface area (Å²) in [6.07, 6.45) is 2.69. The highest BCUT2D eigenvalue weighted by Crippen LogP contribution is 2.33. The van der Waals surface area contributed by atoms with Gasteiger partial charge in [0.05, 0.1) is 6.04 Å². The number of aryl methyl sites for hydroxylation is 1. The predicted octanol–water partition coefficient (Wildman–Crippen LogP) is 4.08. The molecule has 0 saturated carbocycles. The summed E-state index contributed by atoms with van der Waals surface area (Å²) in [5.74, 6) is -4.44. The summed E-state index contributed by atoms with van der Waals surface area (Å²) in [6, 6.07) is 10.1. The lowest BCUT2D eigenvalue weighted by Gasteiger charge is -2.24. The summed E-state index contributed by atoms with van der Waals surface area (Å²) < 4.78 is 28.8. The van der Waals surface area contributed by atoms with E-state index in [-0.39, 0.29) is 22.4 Å². The zero-order valence-electron chi connectivity index (χ0n) is 16.2. The van der Waals surface area contributed by atoms with Gasteiger partial charge < -0.3 is 15.1 Å². The topological polar surface area (TPSA) is 77.8 Å². The number of amides is 1. The van der Waals surface area contributed by atoms with E-state index in [1.165, 1.54) is 41.7 Å². The molecule has 0 radical (unpaired) electrons. The van der Waals surface area contributed by atoms with Gasteiger partial charge in [-0.25, -0.2) is 4.79 Å². The molecule has 1 aliphatic rings. The van der Waals surface area contributed by atoms with Crippen LogP contribution in [0.1, 0.15) is 39.4 Å². The van der Waals surface area contributed by atoms with Crippen molar-refractivity contribution in [3.63, 3.8) is 0 Å². The Morgan fingerprint density at radius 1 is 1.27 bits per heavy atom. The van der Waals surface area contributed by atoms with Crippen LogP contribution in [0.2, 0.25) is 0 Å². The molecule has 0 bridgehead atoms. The Kier molecular flexibility index (Phi) is 6.99. The fourth-order valence-corrected chi connectivity index (χ4v) is 4.37. The summed E-state index contributed by atoms with van der Waals surface area (Å²) in [6.45, 7) is 0.444. The quantitative estimate of drug-likeness (QED) is 0.582. The smallest absolute Gasteiger partial charge is 0.345 e. The number of benzene rings is 1. The van der Waals surface area contributed by atoms with Gasteiger partial charge in [-0.3, -0.25) is 4.79 Å². The Bertz CT molecular complexity index is 913. The molecule has 160 valence electrons. The molecule has 0 spiro atoms. The summed E-state index contributed by atoms with van der Waals surface area (Å²) in [7, 11) is 0. The molecule has 8 heteroatoms. The molecule has 30 heavy (non-hydrogen) atoms. The number of thiophene rings is 1. The van der Waals surface area contributed by atoms with Crippen LogP contribution in [0.25, 0.3) is 0 Å². The van der Waals surface area contributed by atoms with E-state index in [9.17, 15) is 23.5 Å². The molecule has 5 nitrogen and oxygen atoms in total. The van der Waals surface area contributed by atoms with Crippen LogP contribution in [0.3, 0.4) is 0 Å². The van der Waals surface area contributed by atoms with E-state index in [0.717, 1.165) is 11.0 Å². The average Bonchev–Trinajstić information content (AvgIpc) is 3.34. The second-order valence-corrected chi connectivity index (χ2v) is 8.35. The lowest BCUT2D eigenvalue weighted by atomic mass is 10.0. The molecular weight excluding hydrogens is 412 g/mol. The maximum Gasteiger partial charge on any atom is 0.345 e. The minimum atomic E-state index is -3.42. The summed E-state index contributed by atoms with van der Waals surface area (Å²) >= 11 is 1.21. The maximum absolute atomic E-state index is 14.4. The second kappa shape index (κ2) is 9.49. The summed E-state index contributed by atoms with van der Waals surface area (Å²) in [5.41, 5.74) is -0.266. The predicted molar refractivity (Wildman–Crippen MR) is 110 cm³/mol. The molecule has 3 rings (SSSR count). The van der Waals surface area contributed by atoms with Gasteiger partial charge in [0, 0.05) is 23.4 Å². The van der Waals surface area contributed by atoms with E-state index < -0.39 is 18.0 Å². The summed E-state index contributed by atoms with van der Waals surface area (Å²) in [4.78, 5) is 26.0. The third-order valence-corrected chi connectivity index (χ3v) is 6.25. The Morgan fingerprint density at radius 2 is 2.00 bits per heavy atom. The second-order valence-electron chi connectivity index (χ2n) is 7.19. The first-order valence-electron chi connectivity index (χ1n) is 9.70. The molecule has 0 aliphatic carbocycles. The minimum absolute atomic E-state index is 0.0497. The van der Waals surface area contributed by atoms with E-state index in [2.05, 4.69) is 0 Å². The Morgan fingerprint density at radius 3 is 2.67 bits per heavy atom. The molecule has 2 atom stereocenters. The van der Waals surface area contributed by atoms with Gasteiger partial charge in [0.2, 0.25) is 5.91 Å². The number of alkyl halides is 2. The van der Waals surface area contributed by atoms with Gasteiger partial charge in [0.25, 0.3) is 0 Å². The van der Waals surface area contributed by atoms with Crippen molar-refractivity contribution in [2.75, 3.05) is 6.54 Å². The van der Waals surface area contributed by atoms with Crippen molar-refractivity contribution in [2.24, 2.45) is 0 Å². The molecule has 2 aromatic rings. The molecule has 1 aromatic heterocycles. The van der Waals surface area contributed by atoms with Gasteiger partial charge in [0.1, 0.15) is 11.0 Å². The first-order valence-corrected chi connectivity index (χ1v) is 10.5. The number of likely N-dealkylation sites (tertiary alicyclic amines) is 1. The Balaban J connectivity index is 1.58. The minimum Gasteiger partial charge on any atom is -0.477 e. The fraction of sp³-hybridized carbons (Fsp3) is 0.364. The standard InChI is InChI=1S/C22H23F2NO4S/c23-22(24,15-5-2-1-3-6-15)19(26)12-8-16-9-13-20(27)25(16)14-4-7-17-10-11-18(30-17)21(28)29/h1-3,5-6,8,10-12,16,19,26H,4,7,9,13-14H2,(H,28,29). The molecule has 1 aromatic carbocycles. The number of halogens is 2. The SMILES string of the molecule is O=C(O)c1ccc(CCCN2C(=O)CCC2C=CC(O)C(F)(F)c2ccccc2)s1. The Hall–Kier alpha value is -2.58. The first-order chi connectivity index (χ1) is 14.3. The zero-order valence-corrected chi connectivity index (χ0v) is 17.0. The number of rotatable bonds is 9. The van der Waals surface area contributed by atoms with Crippen LogP contribution in [-0.4, -0.2) is 45.7 Å². The van der Waals surface area contributed by atoms with Crippen LogP contribution in [0.5, 0.6) is 0 Å². The van der Waals surface area contributed by atoms with Crippen LogP contribution in [-0.2, 0) is 17.1 Å².